The number of nitrogens with one attached hydrogen (secondary N) is 3. The predicted molar refractivity (Wildman–Crippen MR) is 76.0 cm³/mol. The van der Waals surface area contributed by atoms with Gasteiger partial charge in [0.25, 0.3) is 0 Å². The van der Waals surface area contributed by atoms with Crippen LogP contribution in [0.2, 0.25) is 0 Å². The van der Waals surface area contributed by atoms with Gasteiger partial charge in [0.2, 0.25) is 0 Å². The van der Waals surface area contributed by atoms with Crippen LogP contribution in [-0.4, -0.2) is 15.0 Å². The number of hydrogen-bond acceptors (Lipinski definition) is 6. The zero-order chi connectivity index (χ0) is 17.1. The molecule has 1 rings (SSSR count). The Balaban J connectivity index is -0.000000230. The average molecular weight is 294 g/mol. The van der Waals surface area contributed by atoms with Crippen LogP contribution in [0, 0.1) is 34.0 Å². The zero-order valence-electron chi connectivity index (χ0n) is 12.2. The lowest BCUT2D eigenvalue weighted by atomic mass is 10.6. The maximum atomic E-state index is 10.2. The normalized spacial score (nSPS) is 6.86. The van der Waals surface area contributed by atoms with E-state index < -0.39 is 17.1 Å². The minimum atomic E-state index is -0.802. The van der Waals surface area contributed by atoms with Gasteiger partial charge >= 0.3 is 17.1 Å². The fourth-order valence-electron chi connectivity index (χ4n) is 0.403. The largest absolute Gasteiger partial charge is 0.330 e. The zero-order valence-corrected chi connectivity index (χ0v) is 12.2. The van der Waals surface area contributed by atoms with Crippen molar-refractivity contribution >= 4 is 0 Å². The molecule has 0 fully saturated rings. The Kier molecular flexibility index (Phi) is 21.1. The highest BCUT2D eigenvalue weighted by molar-refractivity contribution is 4.62. The summed E-state index contributed by atoms with van der Waals surface area (Å²) in [5, 5.41) is 22.9. The predicted octanol–water partition coefficient (Wildman–Crippen LogP) is 0.511. The van der Waals surface area contributed by atoms with Crippen LogP contribution in [-0.2, 0) is 0 Å². The third-order valence-corrected chi connectivity index (χ3v) is 1.16. The molecule has 114 valence electrons. The van der Waals surface area contributed by atoms with Crippen LogP contribution in [0.3, 0.4) is 0 Å². The molecule has 0 aliphatic rings. The molecule has 0 unspecified atom stereocenters. The first-order valence-corrected chi connectivity index (χ1v) is 5.97. The van der Waals surface area contributed by atoms with Gasteiger partial charge < -0.3 is 0 Å². The van der Waals surface area contributed by atoms with E-state index in [2.05, 4.69) is 0 Å². The van der Waals surface area contributed by atoms with E-state index in [-0.39, 0.29) is 0 Å². The number of H-pyrrole nitrogens is 3. The number of nitriles is 3. The van der Waals surface area contributed by atoms with Gasteiger partial charge in [-0.15, -0.1) is 0 Å². The maximum Gasteiger partial charge on any atom is 0.330 e. The highest BCUT2D eigenvalue weighted by Crippen LogP contribution is 1.58. The lowest BCUT2D eigenvalue weighted by Gasteiger charge is -1.77. The van der Waals surface area contributed by atoms with E-state index in [1.807, 2.05) is 39.0 Å². The molecule has 0 saturated heterocycles. The fraction of sp³-hybridized carbons (Fsp3) is 0.500. The lowest BCUT2D eigenvalue weighted by molar-refractivity contribution is 0.888. The van der Waals surface area contributed by atoms with Gasteiger partial charge in [0, 0.05) is 19.3 Å². The van der Waals surface area contributed by atoms with Crippen molar-refractivity contribution in [2.24, 2.45) is 0 Å². The molecule has 1 heterocycles. The third-order valence-electron chi connectivity index (χ3n) is 1.16. The standard InChI is InChI=1S/C3H3N3O3.3C3H5N/c7-1-4-2(8)6-3(9)5-1;3*1-2-3-4/h(H3,4,5,6,7,8,9);3*2H2,1H3. The maximum absolute atomic E-state index is 10.2. The molecule has 0 aliphatic carbocycles. The minimum Gasteiger partial charge on any atom is -0.259 e. The second-order valence-corrected chi connectivity index (χ2v) is 2.90. The summed E-state index contributed by atoms with van der Waals surface area (Å²) in [5.74, 6) is 0. The first-order chi connectivity index (χ1) is 9.92. The van der Waals surface area contributed by atoms with E-state index in [0.717, 1.165) is 0 Å². The van der Waals surface area contributed by atoms with Crippen molar-refractivity contribution in [1.82, 2.24) is 15.0 Å². The van der Waals surface area contributed by atoms with Crippen LogP contribution in [0.15, 0.2) is 14.4 Å². The Bertz CT molecular complexity index is 523. The third kappa shape index (κ3) is 26.5. The molecule has 0 atom stereocenters. The van der Waals surface area contributed by atoms with Gasteiger partial charge in [-0.25, -0.2) is 14.4 Å². The molecule has 0 bridgehead atoms. The van der Waals surface area contributed by atoms with Crippen LogP contribution in [0.5, 0.6) is 0 Å². The van der Waals surface area contributed by atoms with E-state index in [9.17, 15) is 14.4 Å². The Hall–Kier alpha value is -3.12. The molecule has 0 spiro atoms. The molecule has 1 aromatic heterocycles. The highest BCUT2D eigenvalue weighted by Gasteiger charge is 1.85. The minimum absolute atomic E-state index is 0.625. The topological polar surface area (TPSA) is 170 Å². The number of aromatic nitrogens is 3. The van der Waals surface area contributed by atoms with Gasteiger partial charge in [-0.1, -0.05) is 20.8 Å². The van der Waals surface area contributed by atoms with Crippen LogP contribution in [0.1, 0.15) is 40.0 Å². The summed E-state index contributed by atoms with van der Waals surface area (Å²) in [6.07, 6.45) is 1.88. The van der Waals surface area contributed by atoms with Crippen molar-refractivity contribution in [3.63, 3.8) is 0 Å². The van der Waals surface area contributed by atoms with Gasteiger partial charge in [-0.05, 0) is 0 Å². The molecular formula is C12H18N6O3. The molecular weight excluding hydrogens is 276 g/mol. The van der Waals surface area contributed by atoms with Crippen LogP contribution >= 0.6 is 0 Å². The number of rotatable bonds is 0. The first-order valence-electron chi connectivity index (χ1n) is 5.97. The fourth-order valence-corrected chi connectivity index (χ4v) is 0.403. The van der Waals surface area contributed by atoms with Crippen molar-refractivity contribution in [2.75, 3.05) is 0 Å². The molecule has 3 N–H and O–H groups in total. The van der Waals surface area contributed by atoms with Crippen molar-refractivity contribution in [1.29, 1.82) is 15.8 Å². The van der Waals surface area contributed by atoms with Gasteiger partial charge in [-0.2, -0.15) is 15.8 Å². The summed E-state index contributed by atoms with van der Waals surface area (Å²) in [6.45, 7) is 5.46. The molecule has 0 saturated carbocycles. The molecule has 0 amide bonds. The summed E-state index contributed by atoms with van der Waals surface area (Å²) in [6, 6.07) is 5.79. The summed E-state index contributed by atoms with van der Waals surface area (Å²) in [4.78, 5) is 35.9. The van der Waals surface area contributed by atoms with Gasteiger partial charge in [0.15, 0.2) is 0 Å². The molecule has 21 heavy (non-hydrogen) atoms. The van der Waals surface area contributed by atoms with Crippen molar-refractivity contribution in [3.8, 4) is 18.2 Å². The quantitative estimate of drug-likeness (QED) is 0.629. The Morgan fingerprint density at radius 3 is 0.905 bits per heavy atom. The Morgan fingerprint density at radius 1 is 0.667 bits per heavy atom. The summed E-state index contributed by atoms with van der Waals surface area (Å²) in [5.41, 5.74) is -2.41. The number of aromatic amines is 3. The van der Waals surface area contributed by atoms with Crippen molar-refractivity contribution < 1.29 is 0 Å². The van der Waals surface area contributed by atoms with Crippen LogP contribution in [0.4, 0.5) is 0 Å². The SMILES string of the molecule is CCC#N.CCC#N.CCC#N.O=c1[nH]c(=O)[nH]c(=O)[nH]1. The van der Waals surface area contributed by atoms with E-state index in [1.54, 1.807) is 15.0 Å². The van der Waals surface area contributed by atoms with Crippen molar-refractivity contribution in [2.45, 2.75) is 40.0 Å². The second-order valence-electron chi connectivity index (χ2n) is 2.90. The summed E-state index contributed by atoms with van der Waals surface area (Å²) >= 11 is 0. The Morgan fingerprint density at radius 2 is 0.810 bits per heavy atom. The smallest absolute Gasteiger partial charge is 0.259 e. The molecule has 1 aromatic rings. The van der Waals surface area contributed by atoms with Crippen LogP contribution in [0.25, 0.3) is 0 Å². The van der Waals surface area contributed by atoms with E-state index in [4.69, 9.17) is 15.8 Å². The lowest BCUT2D eigenvalue weighted by Crippen LogP contribution is -2.34. The van der Waals surface area contributed by atoms with E-state index >= 15 is 0 Å². The molecule has 0 aromatic carbocycles. The highest BCUT2D eigenvalue weighted by atomic mass is 16.2. The Labute approximate surface area is 121 Å². The van der Waals surface area contributed by atoms with Crippen LogP contribution < -0.4 is 17.1 Å². The molecule has 9 nitrogen and oxygen atoms in total. The van der Waals surface area contributed by atoms with Gasteiger partial charge in [-0.3, -0.25) is 15.0 Å². The summed E-state index contributed by atoms with van der Waals surface area (Å²) < 4.78 is 0. The van der Waals surface area contributed by atoms with Crippen molar-refractivity contribution in [3.05, 3.63) is 31.5 Å². The average Bonchev–Trinajstić information content (AvgIpc) is 2.46. The van der Waals surface area contributed by atoms with Gasteiger partial charge in [0.1, 0.15) is 0 Å². The second kappa shape index (κ2) is 19.2. The number of hydrogen-bond donors (Lipinski definition) is 3. The number of nitrogens with zero attached hydrogens (tertiary/aromatic N) is 3. The molecule has 0 aliphatic heterocycles. The molecule has 9 heteroatoms. The van der Waals surface area contributed by atoms with E-state index in [0.29, 0.717) is 19.3 Å². The monoisotopic (exact) mass is 294 g/mol. The van der Waals surface area contributed by atoms with Gasteiger partial charge in [0.05, 0.1) is 18.2 Å². The molecule has 0 radical (unpaired) electrons. The first kappa shape index (κ1) is 23.0. The summed E-state index contributed by atoms with van der Waals surface area (Å²) in [7, 11) is 0. The van der Waals surface area contributed by atoms with E-state index in [1.165, 1.54) is 0 Å².